The molecule has 10 heteroatoms. The molecule has 0 atom stereocenters. The van der Waals surface area contributed by atoms with Crippen LogP contribution < -0.4 is 4.74 Å². The van der Waals surface area contributed by atoms with Crippen molar-refractivity contribution in [2.24, 2.45) is 0 Å². The molecular formula is C38H29F9O. The molecule has 0 heterocycles. The van der Waals surface area contributed by atoms with Gasteiger partial charge in [0, 0.05) is 11.1 Å². The van der Waals surface area contributed by atoms with Gasteiger partial charge in [0.15, 0.2) is 0 Å². The van der Waals surface area contributed by atoms with Gasteiger partial charge >= 0.3 is 12.3 Å². The molecule has 0 aliphatic carbocycles. The topological polar surface area (TPSA) is 9.23 Å². The average molecular weight is 673 g/mol. The number of aryl methyl sites for hydroxylation is 1. The van der Waals surface area contributed by atoms with Gasteiger partial charge in [-0.15, -0.1) is 0 Å². The van der Waals surface area contributed by atoms with Gasteiger partial charge in [0.1, 0.15) is 29.0 Å². The van der Waals surface area contributed by atoms with E-state index in [2.05, 4.69) is 0 Å². The molecule has 0 saturated heterocycles. The van der Waals surface area contributed by atoms with Crippen LogP contribution in [0.1, 0.15) is 42.9 Å². The summed E-state index contributed by atoms with van der Waals surface area (Å²) in [5.74, 6) is -3.99. The normalized spacial score (nSPS) is 12.0. The van der Waals surface area contributed by atoms with Crippen LogP contribution in [0.2, 0.25) is 0 Å². The average Bonchev–Trinajstić information content (AvgIpc) is 3.02. The van der Waals surface area contributed by atoms with Crippen LogP contribution in [-0.2, 0) is 19.0 Å². The molecule has 0 aromatic heterocycles. The van der Waals surface area contributed by atoms with Gasteiger partial charge in [-0.05, 0) is 88.7 Å². The van der Waals surface area contributed by atoms with Gasteiger partial charge in [-0.3, -0.25) is 0 Å². The van der Waals surface area contributed by atoms with Crippen LogP contribution >= 0.6 is 0 Å². The number of ether oxygens (including phenoxy) is 1. The van der Waals surface area contributed by atoms with Crippen LogP contribution in [0, 0.1) is 23.3 Å². The van der Waals surface area contributed by atoms with E-state index in [-0.39, 0.29) is 28.0 Å². The Morgan fingerprint density at radius 3 is 1.67 bits per heavy atom. The Bertz CT molecular complexity index is 1900. The van der Waals surface area contributed by atoms with E-state index < -0.39 is 53.1 Å². The first kappa shape index (κ1) is 34.6. The van der Waals surface area contributed by atoms with Crippen molar-refractivity contribution < 1.29 is 44.3 Å². The van der Waals surface area contributed by atoms with E-state index in [9.17, 15) is 30.7 Å². The third-order valence-electron chi connectivity index (χ3n) is 7.85. The first-order valence-corrected chi connectivity index (χ1v) is 15.2. The minimum Gasteiger partial charge on any atom is -0.429 e. The summed E-state index contributed by atoms with van der Waals surface area (Å²) in [5.41, 5.74) is 0.127. The summed E-state index contributed by atoms with van der Waals surface area (Å²) in [4.78, 5) is 0. The second-order valence-corrected chi connectivity index (χ2v) is 11.4. The minimum absolute atomic E-state index is 0.0179. The fraction of sp³-hybridized carbons (Fsp3) is 0.211. The van der Waals surface area contributed by atoms with E-state index in [0.29, 0.717) is 23.1 Å². The van der Waals surface area contributed by atoms with E-state index in [4.69, 9.17) is 4.74 Å². The monoisotopic (exact) mass is 672 g/mol. The smallest absolute Gasteiger partial charge is 0.429 e. The van der Waals surface area contributed by atoms with Crippen LogP contribution in [0.25, 0.3) is 33.4 Å². The van der Waals surface area contributed by atoms with Crippen molar-refractivity contribution in [3.05, 3.63) is 137 Å². The number of rotatable bonds is 11. The minimum atomic E-state index is -4.60. The quantitative estimate of drug-likeness (QED) is 0.100. The number of halogens is 9. The lowest BCUT2D eigenvalue weighted by Crippen LogP contribution is -2.23. The predicted molar refractivity (Wildman–Crippen MR) is 167 cm³/mol. The van der Waals surface area contributed by atoms with Crippen LogP contribution in [0.4, 0.5) is 39.5 Å². The molecule has 0 N–H and O–H groups in total. The van der Waals surface area contributed by atoms with Gasteiger partial charge in [0.05, 0.1) is 12.0 Å². The zero-order chi connectivity index (χ0) is 34.6. The van der Waals surface area contributed by atoms with Gasteiger partial charge in [-0.2, -0.15) is 22.0 Å². The maximum absolute atomic E-state index is 15.2. The Morgan fingerprint density at radius 1 is 0.542 bits per heavy atom. The molecule has 0 spiro atoms. The Morgan fingerprint density at radius 2 is 1.10 bits per heavy atom. The van der Waals surface area contributed by atoms with Crippen LogP contribution in [0.3, 0.4) is 0 Å². The molecule has 0 fully saturated rings. The number of hydrogen-bond donors (Lipinski definition) is 0. The third kappa shape index (κ3) is 8.21. The summed E-state index contributed by atoms with van der Waals surface area (Å²) < 4.78 is 132. The molecular weight excluding hydrogens is 643 g/mol. The van der Waals surface area contributed by atoms with Crippen molar-refractivity contribution in [3.63, 3.8) is 0 Å². The molecule has 1 nitrogen and oxygen atoms in total. The van der Waals surface area contributed by atoms with Crippen LogP contribution in [0.15, 0.2) is 97.1 Å². The number of hydrogen-bond acceptors (Lipinski definition) is 1. The summed E-state index contributed by atoms with van der Waals surface area (Å²) in [5, 5.41) is 0. The Balaban J connectivity index is 1.29. The standard InChI is InChI=1S/C38H29F9O/c1-2-3-4-5-23-6-17-32(36(42)18-23)38(46,47)48-29-13-9-24(10-14-29)25-11-15-30(34(40)19-25)27-12-16-31(35(41)21-27)26-7-8-28(33(39)20-26)22-37(43,44)45/h6-21H,2-5,22H2,1H3. The van der Waals surface area contributed by atoms with Crippen molar-refractivity contribution in [1.29, 1.82) is 0 Å². The van der Waals surface area contributed by atoms with Crippen molar-refractivity contribution in [2.45, 2.75) is 51.3 Å². The lowest BCUT2D eigenvalue weighted by molar-refractivity contribution is -0.187. The third-order valence-corrected chi connectivity index (χ3v) is 7.85. The van der Waals surface area contributed by atoms with E-state index in [0.717, 1.165) is 49.6 Å². The molecule has 48 heavy (non-hydrogen) atoms. The molecule has 0 aliphatic heterocycles. The van der Waals surface area contributed by atoms with Crippen molar-refractivity contribution in [1.82, 2.24) is 0 Å². The number of unbranched alkanes of at least 4 members (excludes halogenated alkanes) is 2. The zero-order valence-corrected chi connectivity index (χ0v) is 25.6. The fourth-order valence-corrected chi connectivity index (χ4v) is 5.37. The first-order valence-electron chi connectivity index (χ1n) is 15.2. The largest absolute Gasteiger partial charge is 0.429 e. The van der Waals surface area contributed by atoms with Gasteiger partial charge in [0.2, 0.25) is 0 Å². The highest BCUT2D eigenvalue weighted by Crippen LogP contribution is 2.36. The van der Waals surface area contributed by atoms with E-state index >= 15 is 8.78 Å². The summed E-state index contributed by atoms with van der Waals surface area (Å²) in [6, 6.07) is 19.7. The van der Waals surface area contributed by atoms with Crippen molar-refractivity contribution in [3.8, 4) is 39.1 Å². The maximum Gasteiger partial charge on any atom is 0.429 e. The summed E-state index contributed by atoms with van der Waals surface area (Å²) in [6.45, 7) is 2.03. The van der Waals surface area contributed by atoms with Crippen molar-refractivity contribution in [2.75, 3.05) is 0 Å². The van der Waals surface area contributed by atoms with E-state index in [1.807, 2.05) is 6.92 Å². The lowest BCUT2D eigenvalue weighted by Gasteiger charge is -2.19. The molecule has 5 aromatic carbocycles. The fourth-order valence-electron chi connectivity index (χ4n) is 5.37. The number of benzene rings is 5. The molecule has 5 rings (SSSR count). The van der Waals surface area contributed by atoms with Gasteiger partial charge in [-0.25, -0.2) is 17.6 Å². The van der Waals surface area contributed by atoms with Gasteiger partial charge in [0.25, 0.3) is 0 Å². The molecule has 0 amide bonds. The molecule has 0 aliphatic rings. The maximum atomic E-state index is 15.2. The highest BCUT2D eigenvalue weighted by Gasteiger charge is 2.37. The highest BCUT2D eigenvalue weighted by atomic mass is 19.4. The summed E-state index contributed by atoms with van der Waals surface area (Å²) in [7, 11) is 0. The lowest BCUT2D eigenvalue weighted by atomic mass is 9.96. The molecule has 250 valence electrons. The molecule has 5 aromatic rings. The Hall–Kier alpha value is -4.73. The second-order valence-electron chi connectivity index (χ2n) is 11.4. The summed E-state index contributed by atoms with van der Waals surface area (Å²) in [6.07, 6.45) is -6.67. The summed E-state index contributed by atoms with van der Waals surface area (Å²) >= 11 is 0. The second kappa shape index (κ2) is 14.2. The zero-order valence-electron chi connectivity index (χ0n) is 25.6. The first-order chi connectivity index (χ1) is 22.7. The van der Waals surface area contributed by atoms with E-state index in [1.165, 1.54) is 60.7 Å². The molecule has 0 unspecified atom stereocenters. The number of alkyl halides is 5. The van der Waals surface area contributed by atoms with Gasteiger partial charge in [-0.1, -0.05) is 74.4 Å². The predicted octanol–water partition coefficient (Wildman–Crippen LogP) is 12.2. The molecule has 0 bridgehead atoms. The Kier molecular flexibility index (Phi) is 10.2. The Labute approximate surface area is 271 Å². The van der Waals surface area contributed by atoms with Crippen LogP contribution in [-0.4, -0.2) is 6.18 Å². The highest BCUT2D eigenvalue weighted by molar-refractivity contribution is 5.74. The molecule has 0 radical (unpaired) electrons. The van der Waals surface area contributed by atoms with E-state index in [1.54, 1.807) is 6.07 Å². The van der Waals surface area contributed by atoms with Crippen molar-refractivity contribution >= 4 is 0 Å². The van der Waals surface area contributed by atoms with Gasteiger partial charge < -0.3 is 4.74 Å². The SMILES string of the molecule is CCCCCc1ccc(C(F)(F)Oc2ccc(-c3ccc(-c4ccc(-c5ccc(CC(F)(F)F)c(F)c5)c(F)c4)c(F)c3)cc2)c(F)c1. The van der Waals surface area contributed by atoms with Crippen LogP contribution in [0.5, 0.6) is 5.75 Å². The molecule has 0 saturated carbocycles.